The van der Waals surface area contributed by atoms with Gasteiger partial charge in [0.2, 0.25) is 10.0 Å². The van der Waals surface area contributed by atoms with Crippen LogP contribution in [0.25, 0.3) is 11.3 Å². The summed E-state index contributed by atoms with van der Waals surface area (Å²) < 4.78 is 39.8. The van der Waals surface area contributed by atoms with E-state index in [4.69, 9.17) is 9.47 Å². The maximum Gasteiger partial charge on any atom is 0.211 e. The van der Waals surface area contributed by atoms with Crippen molar-refractivity contribution in [2.45, 2.75) is 26.3 Å². The minimum atomic E-state index is -3.24. The van der Waals surface area contributed by atoms with Gasteiger partial charge in [0.05, 0.1) is 24.7 Å². The quantitative estimate of drug-likeness (QED) is 0.779. The van der Waals surface area contributed by atoms with Crippen LogP contribution in [0.4, 0.5) is 0 Å². The van der Waals surface area contributed by atoms with Gasteiger partial charge in [-0.15, -0.1) is 0 Å². The first-order chi connectivity index (χ1) is 12.9. The van der Waals surface area contributed by atoms with Crippen LogP contribution >= 0.6 is 0 Å². The van der Waals surface area contributed by atoms with Crippen LogP contribution in [0.15, 0.2) is 30.3 Å². The van der Waals surface area contributed by atoms with Crippen LogP contribution < -0.4 is 9.46 Å². The number of hydrogen-bond acceptors (Lipinski definition) is 5. The maximum absolute atomic E-state index is 11.9. The maximum atomic E-state index is 11.9. The van der Waals surface area contributed by atoms with Gasteiger partial charge in [0.25, 0.3) is 0 Å². The number of benzene rings is 1. The van der Waals surface area contributed by atoms with Gasteiger partial charge in [0.1, 0.15) is 5.75 Å². The number of nitrogens with zero attached hydrogens (tertiary/aromatic N) is 2. The smallest absolute Gasteiger partial charge is 0.211 e. The first kappa shape index (κ1) is 19.9. The minimum Gasteiger partial charge on any atom is -0.493 e. The average Bonchev–Trinajstić information content (AvgIpc) is 3.00. The van der Waals surface area contributed by atoms with E-state index < -0.39 is 10.0 Å². The number of aryl methyl sites for hydroxylation is 2. The highest BCUT2D eigenvalue weighted by Crippen LogP contribution is 2.23. The highest BCUT2D eigenvalue weighted by molar-refractivity contribution is 7.89. The van der Waals surface area contributed by atoms with Crippen molar-refractivity contribution in [3.63, 3.8) is 0 Å². The van der Waals surface area contributed by atoms with E-state index in [1.54, 1.807) is 6.92 Å². The second-order valence-electron chi connectivity index (χ2n) is 6.88. The second-order valence-corrected chi connectivity index (χ2v) is 8.92. The summed E-state index contributed by atoms with van der Waals surface area (Å²) in [6.45, 7) is 5.11. The molecule has 0 radical (unpaired) electrons. The molecule has 1 N–H and O–H groups in total. The van der Waals surface area contributed by atoms with Crippen LogP contribution in [-0.4, -0.2) is 49.8 Å². The molecule has 2 heterocycles. The zero-order valence-corrected chi connectivity index (χ0v) is 16.8. The summed E-state index contributed by atoms with van der Waals surface area (Å²) >= 11 is 0. The van der Waals surface area contributed by atoms with Crippen LogP contribution in [0.2, 0.25) is 0 Å². The average molecular weight is 394 g/mol. The van der Waals surface area contributed by atoms with E-state index in [-0.39, 0.29) is 17.7 Å². The molecule has 148 valence electrons. The molecular weight excluding hydrogens is 366 g/mol. The highest BCUT2D eigenvalue weighted by atomic mass is 32.2. The second kappa shape index (κ2) is 8.41. The lowest BCUT2D eigenvalue weighted by atomic mass is 9.98. The first-order valence-corrected chi connectivity index (χ1v) is 10.8. The van der Waals surface area contributed by atoms with Crippen molar-refractivity contribution in [2.75, 3.05) is 25.6 Å². The summed E-state index contributed by atoms with van der Waals surface area (Å²) in [6, 6.07) is 9.67. The molecule has 0 amide bonds. The zero-order chi connectivity index (χ0) is 19.4. The van der Waals surface area contributed by atoms with Gasteiger partial charge in [-0.05, 0) is 50.6 Å². The Morgan fingerprint density at radius 1 is 1.33 bits per heavy atom. The molecule has 0 saturated carbocycles. The van der Waals surface area contributed by atoms with Gasteiger partial charge >= 0.3 is 0 Å². The Morgan fingerprint density at radius 3 is 2.70 bits per heavy atom. The molecule has 27 heavy (non-hydrogen) atoms. The minimum absolute atomic E-state index is 0.0156. The Morgan fingerprint density at radius 2 is 2.07 bits per heavy atom. The van der Waals surface area contributed by atoms with E-state index in [0.717, 1.165) is 22.7 Å². The molecule has 0 aliphatic carbocycles. The molecule has 2 atom stereocenters. The van der Waals surface area contributed by atoms with E-state index in [2.05, 4.69) is 9.82 Å². The predicted molar refractivity (Wildman–Crippen MR) is 104 cm³/mol. The van der Waals surface area contributed by atoms with Gasteiger partial charge < -0.3 is 9.47 Å². The van der Waals surface area contributed by atoms with Crippen molar-refractivity contribution in [2.24, 2.45) is 13.0 Å². The Labute approximate surface area is 160 Å². The zero-order valence-electron chi connectivity index (χ0n) is 16.0. The molecule has 0 bridgehead atoms. The molecule has 0 spiro atoms. The summed E-state index contributed by atoms with van der Waals surface area (Å²) in [5.41, 5.74) is 3.06. The summed E-state index contributed by atoms with van der Waals surface area (Å²) in [6.07, 6.45) is 0.658. The number of hydrogen-bond donors (Lipinski definition) is 1. The largest absolute Gasteiger partial charge is 0.493 e. The third-order valence-electron chi connectivity index (χ3n) is 4.91. The van der Waals surface area contributed by atoms with Crippen molar-refractivity contribution in [3.05, 3.63) is 36.0 Å². The molecule has 8 heteroatoms. The monoisotopic (exact) mass is 393 g/mol. The standard InChI is InChI=1S/C19H27N3O4S/c1-4-27(23,24)21-18-9-10-25-12-16(18)13-26-17-7-5-15(6-8-17)19-11-14(2)22(3)20-19/h5-8,11,16,18,21H,4,9-10,12-13H2,1-3H3. The van der Waals surface area contributed by atoms with Crippen LogP contribution in [0, 0.1) is 12.8 Å². The van der Waals surface area contributed by atoms with Crippen LogP contribution in [0.3, 0.4) is 0 Å². The van der Waals surface area contributed by atoms with Crippen molar-refractivity contribution in [1.82, 2.24) is 14.5 Å². The molecule has 1 aliphatic heterocycles. The topological polar surface area (TPSA) is 82.5 Å². The SMILES string of the molecule is CCS(=O)(=O)NC1CCOCC1COc1ccc(-c2cc(C)n(C)n2)cc1. The molecule has 1 saturated heterocycles. The van der Waals surface area contributed by atoms with E-state index in [1.165, 1.54) is 0 Å². The fourth-order valence-corrected chi connectivity index (χ4v) is 4.00. The molecule has 1 aromatic carbocycles. The number of nitrogens with one attached hydrogen (secondary N) is 1. The first-order valence-electron chi connectivity index (χ1n) is 9.19. The van der Waals surface area contributed by atoms with Gasteiger partial charge in [-0.1, -0.05) is 0 Å². The number of rotatable bonds is 7. The van der Waals surface area contributed by atoms with Crippen LogP contribution in [-0.2, 0) is 21.8 Å². The summed E-state index contributed by atoms with van der Waals surface area (Å²) in [7, 11) is -1.32. The number of sulfonamides is 1. The van der Waals surface area contributed by atoms with E-state index in [9.17, 15) is 8.42 Å². The normalized spacial score (nSPS) is 20.6. The Hall–Kier alpha value is -1.90. The molecule has 7 nitrogen and oxygen atoms in total. The summed E-state index contributed by atoms with van der Waals surface area (Å²) in [4.78, 5) is 0. The lowest BCUT2D eigenvalue weighted by molar-refractivity contribution is 0.0186. The highest BCUT2D eigenvalue weighted by Gasteiger charge is 2.29. The molecule has 1 aromatic heterocycles. The Balaban J connectivity index is 1.61. The number of ether oxygens (including phenoxy) is 2. The van der Waals surface area contributed by atoms with Gasteiger partial charge in [0, 0.05) is 36.9 Å². The van der Waals surface area contributed by atoms with Crippen molar-refractivity contribution >= 4 is 10.0 Å². The fraction of sp³-hybridized carbons (Fsp3) is 0.526. The van der Waals surface area contributed by atoms with Crippen molar-refractivity contribution in [1.29, 1.82) is 0 Å². The summed E-state index contributed by atoms with van der Waals surface area (Å²) in [5, 5.41) is 4.48. The number of aromatic nitrogens is 2. The molecule has 1 fully saturated rings. The van der Waals surface area contributed by atoms with Crippen LogP contribution in [0.5, 0.6) is 5.75 Å². The third kappa shape index (κ3) is 5.09. The summed E-state index contributed by atoms with van der Waals surface area (Å²) in [5.74, 6) is 0.805. The van der Waals surface area contributed by atoms with Gasteiger partial charge in [-0.3, -0.25) is 4.68 Å². The molecule has 2 aromatic rings. The van der Waals surface area contributed by atoms with Gasteiger partial charge in [-0.2, -0.15) is 5.10 Å². The molecule has 1 aliphatic rings. The molecule has 3 rings (SSSR count). The van der Waals surface area contributed by atoms with Gasteiger partial charge in [-0.25, -0.2) is 13.1 Å². The van der Waals surface area contributed by atoms with E-state index in [0.29, 0.717) is 26.2 Å². The van der Waals surface area contributed by atoms with E-state index >= 15 is 0 Å². The van der Waals surface area contributed by atoms with Crippen molar-refractivity contribution < 1.29 is 17.9 Å². The van der Waals surface area contributed by atoms with E-state index in [1.807, 2.05) is 49.0 Å². The van der Waals surface area contributed by atoms with Crippen molar-refractivity contribution in [3.8, 4) is 17.0 Å². The predicted octanol–water partition coefficient (Wildman–Crippen LogP) is 2.12. The molecular formula is C19H27N3O4S. The Kier molecular flexibility index (Phi) is 6.18. The van der Waals surface area contributed by atoms with Gasteiger partial charge in [0.15, 0.2) is 0 Å². The lowest BCUT2D eigenvalue weighted by Gasteiger charge is -2.31. The fourth-order valence-electron chi connectivity index (χ4n) is 3.06. The third-order valence-corrected chi connectivity index (χ3v) is 6.34. The molecule has 2 unspecified atom stereocenters. The lowest BCUT2D eigenvalue weighted by Crippen LogP contribution is -2.47. The Bertz CT molecular complexity index is 842. The van der Waals surface area contributed by atoms with Crippen LogP contribution in [0.1, 0.15) is 19.0 Å².